The molecule has 0 bridgehead atoms. The topological polar surface area (TPSA) is 3.88 Å². The first-order valence-corrected chi connectivity index (χ1v) is 5.30. The lowest BCUT2D eigenvalue weighted by molar-refractivity contribution is -0.710. The van der Waals surface area contributed by atoms with Crippen LogP contribution in [0.5, 0.6) is 0 Å². The van der Waals surface area contributed by atoms with Crippen LogP contribution in [-0.4, -0.2) is 0 Å². The second-order valence-electron chi connectivity index (χ2n) is 3.92. The van der Waals surface area contributed by atoms with Crippen LogP contribution in [0.25, 0.3) is 0 Å². The Morgan fingerprint density at radius 1 is 1.00 bits per heavy atom. The molecule has 1 unspecified atom stereocenters. The number of hydrogen-bond acceptors (Lipinski definition) is 0. The van der Waals surface area contributed by atoms with Gasteiger partial charge >= 0.3 is 0 Å². The summed E-state index contributed by atoms with van der Waals surface area (Å²) in [5.74, 6) is 0. The van der Waals surface area contributed by atoms with Crippen molar-refractivity contribution in [3.8, 4) is 0 Å². The molecule has 2 rings (SSSR count). The average molecular weight is 198 g/mol. The van der Waals surface area contributed by atoms with Gasteiger partial charge in [-0.25, -0.2) is 0 Å². The minimum Gasteiger partial charge on any atom is -0.198 e. The number of aromatic nitrogens is 1. The van der Waals surface area contributed by atoms with E-state index in [1.165, 1.54) is 11.1 Å². The highest BCUT2D eigenvalue weighted by molar-refractivity contribution is 5.16. The Hall–Kier alpha value is -1.63. The molecule has 0 amide bonds. The van der Waals surface area contributed by atoms with E-state index in [1.54, 1.807) is 0 Å². The first-order valence-electron chi connectivity index (χ1n) is 5.30. The first-order chi connectivity index (χ1) is 7.27. The molecule has 0 fully saturated rings. The molecule has 0 N–H and O–H groups in total. The third kappa shape index (κ3) is 2.24. The summed E-state index contributed by atoms with van der Waals surface area (Å²) in [6, 6.07) is 15.2. The lowest BCUT2D eigenvalue weighted by Crippen LogP contribution is -2.37. The van der Waals surface area contributed by atoms with Gasteiger partial charge < -0.3 is 0 Å². The lowest BCUT2D eigenvalue weighted by atomic mass is 10.1. The minimum absolute atomic E-state index is 0.395. The van der Waals surface area contributed by atoms with Crippen LogP contribution >= 0.6 is 0 Å². The Bertz CT molecular complexity index is 434. The fourth-order valence-corrected chi connectivity index (χ4v) is 1.76. The molecule has 1 atom stereocenters. The van der Waals surface area contributed by atoms with E-state index in [4.69, 9.17) is 0 Å². The Balaban J connectivity index is 2.32. The molecule has 1 nitrogen and oxygen atoms in total. The van der Waals surface area contributed by atoms with Gasteiger partial charge in [0.2, 0.25) is 0 Å². The number of rotatable bonds is 2. The van der Waals surface area contributed by atoms with Crippen molar-refractivity contribution in [1.82, 2.24) is 0 Å². The predicted molar refractivity (Wildman–Crippen MR) is 61.6 cm³/mol. The van der Waals surface area contributed by atoms with E-state index >= 15 is 0 Å². The molecule has 1 aromatic carbocycles. The zero-order chi connectivity index (χ0) is 10.7. The van der Waals surface area contributed by atoms with Crippen LogP contribution in [0.4, 0.5) is 0 Å². The van der Waals surface area contributed by atoms with Crippen molar-refractivity contribution >= 4 is 0 Å². The summed E-state index contributed by atoms with van der Waals surface area (Å²) in [5.41, 5.74) is 2.63. The van der Waals surface area contributed by atoms with Crippen LogP contribution in [0.3, 0.4) is 0 Å². The maximum Gasteiger partial charge on any atom is 0.180 e. The van der Waals surface area contributed by atoms with E-state index in [0.29, 0.717) is 6.04 Å². The molecule has 2 aromatic rings. The van der Waals surface area contributed by atoms with Crippen molar-refractivity contribution in [2.24, 2.45) is 0 Å². The number of pyridine rings is 1. The van der Waals surface area contributed by atoms with Gasteiger partial charge in [-0.2, -0.15) is 4.57 Å². The van der Waals surface area contributed by atoms with Crippen LogP contribution in [0, 0.1) is 6.92 Å². The highest BCUT2D eigenvalue weighted by Gasteiger charge is 2.13. The molecular formula is C14H16N+. The first kappa shape index (κ1) is 9.91. The second-order valence-corrected chi connectivity index (χ2v) is 3.92. The van der Waals surface area contributed by atoms with Gasteiger partial charge in [-0.1, -0.05) is 30.3 Å². The Labute approximate surface area is 91.0 Å². The van der Waals surface area contributed by atoms with Crippen LogP contribution in [0.1, 0.15) is 24.1 Å². The summed E-state index contributed by atoms with van der Waals surface area (Å²) in [5, 5.41) is 0. The molecule has 1 aromatic heterocycles. The maximum absolute atomic E-state index is 2.24. The number of hydrogen-bond donors (Lipinski definition) is 0. The number of aryl methyl sites for hydroxylation is 1. The normalized spacial score (nSPS) is 12.4. The van der Waals surface area contributed by atoms with Crippen molar-refractivity contribution in [2.75, 3.05) is 0 Å². The Kier molecular flexibility index (Phi) is 2.82. The molecule has 0 saturated heterocycles. The molecule has 0 aliphatic heterocycles. The smallest absolute Gasteiger partial charge is 0.180 e. The van der Waals surface area contributed by atoms with E-state index in [0.717, 1.165) is 0 Å². The summed E-state index contributed by atoms with van der Waals surface area (Å²) >= 11 is 0. The van der Waals surface area contributed by atoms with E-state index in [9.17, 15) is 0 Å². The van der Waals surface area contributed by atoms with Crippen molar-refractivity contribution in [3.63, 3.8) is 0 Å². The second kappa shape index (κ2) is 4.26. The molecule has 1 heterocycles. The van der Waals surface area contributed by atoms with Gasteiger partial charge in [-0.05, 0) is 13.0 Å². The fraction of sp³-hybridized carbons (Fsp3) is 0.214. The third-order valence-electron chi connectivity index (χ3n) is 2.70. The Morgan fingerprint density at radius 3 is 2.40 bits per heavy atom. The average Bonchev–Trinajstić information content (AvgIpc) is 2.29. The highest BCUT2D eigenvalue weighted by atomic mass is 15.0. The van der Waals surface area contributed by atoms with Crippen LogP contribution in [0.2, 0.25) is 0 Å². The van der Waals surface area contributed by atoms with Crippen molar-refractivity contribution in [1.29, 1.82) is 0 Å². The SMILES string of the molecule is Cc1ccc[n+](C(C)c2ccccc2)c1. The highest BCUT2D eigenvalue weighted by Crippen LogP contribution is 2.10. The van der Waals surface area contributed by atoms with Gasteiger partial charge in [-0.3, -0.25) is 0 Å². The quantitative estimate of drug-likeness (QED) is 0.653. The molecular weight excluding hydrogens is 182 g/mol. The van der Waals surface area contributed by atoms with Gasteiger partial charge in [-0.15, -0.1) is 0 Å². The summed E-state index contributed by atoms with van der Waals surface area (Å²) in [6.07, 6.45) is 4.29. The van der Waals surface area contributed by atoms with E-state index < -0.39 is 0 Å². The van der Waals surface area contributed by atoms with Gasteiger partial charge in [0.25, 0.3) is 0 Å². The summed E-state index contributed by atoms with van der Waals surface area (Å²) in [4.78, 5) is 0. The molecule has 15 heavy (non-hydrogen) atoms. The number of benzene rings is 1. The molecule has 1 heteroatoms. The van der Waals surface area contributed by atoms with Gasteiger partial charge in [0.1, 0.15) is 0 Å². The monoisotopic (exact) mass is 198 g/mol. The van der Waals surface area contributed by atoms with Crippen LogP contribution in [-0.2, 0) is 0 Å². The molecule has 76 valence electrons. The van der Waals surface area contributed by atoms with E-state index in [1.807, 2.05) is 0 Å². The van der Waals surface area contributed by atoms with E-state index in [2.05, 4.69) is 73.3 Å². The van der Waals surface area contributed by atoms with Crippen LogP contribution < -0.4 is 4.57 Å². The zero-order valence-electron chi connectivity index (χ0n) is 9.22. The van der Waals surface area contributed by atoms with Crippen molar-refractivity contribution in [3.05, 3.63) is 66.0 Å². The van der Waals surface area contributed by atoms with E-state index in [-0.39, 0.29) is 0 Å². The summed E-state index contributed by atoms with van der Waals surface area (Å²) in [7, 11) is 0. The van der Waals surface area contributed by atoms with Gasteiger partial charge in [0.15, 0.2) is 18.4 Å². The molecule has 0 aliphatic rings. The van der Waals surface area contributed by atoms with Crippen molar-refractivity contribution in [2.45, 2.75) is 19.9 Å². The largest absolute Gasteiger partial charge is 0.198 e. The Morgan fingerprint density at radius 2 is 1.73 bits per heavy atom. The summed E-state index contributed by atoms with van der Waals surface area (Å²) < 4.78 is 2.24. The fourth-order valence-electron chi connectivity index (χ4n) is 1.76. The van der Waals surface area contributed by atoms with Gasteiger partial charge in [0, 0.05) is 24.1 Å². The molecule has 0 radical (unpaired) electrons. The third-order valence-corrected chi connectivity index (χ3v) is 2.70. The maximum atomic E-state index is 2.24. The summed E-state index contributed by atoms with van der Waals surface area (Å²) in [6.45, 7) is 4.34. The molecule has 0 saturated carbocycles. The van der Waals surface area contributed by atoms with Crippen LogP contribution in [0.15, 0.2) is 54.9 Å². The molecule has 0 aliphatic carbocycles. The van der Waals surface area contributed by atoms with Gasteiger partial charge in [0.05, 0.1) is 0 Å². The van der Waals surface area contributed by atoms with Crippen molar-refractivity contribution < 1.29 is 4.57 Å². The zero-order valence-corrected chi connectivity index (χ0v) is 9.22. The number of nitrogens with zero attached hydrogens (tertiary/aromatic N) is 1. The molecule has 0 spiro atoms. The standard InChI is InChI=1S/C14H16N/c1-12-7-6-10-15(11-12)13(2)14-8-4-3-5-9-14/h3-11,13H,1-2H3/q+1. The lowest BCUT2D eigenvalue weighted by Gasteiger charge is -2.07. The predicted octanol–water partition coefficient (Wildman–Crippen LogP) is 2.89. The minimum atomic E-state index is 0.395.